The average molecular weight is 421 g/mol. The molecule has 1 heterocycles. The van der Waals surface area contributed by atoms with Crippen LogP contribution in [0.15, 0.2) is 27.1 Å². The van der Waals surface area contributed by atoms with Gasteiger partial charge in [0.15, 0.2) is 5.82 Å². The average Bonchev–Trinajstić information content (AvgIpc) is 2.80. The van der Waals surface area contributed by atoms with Gasteiger partial charge in [-0.2, -0.15) is 23.5 Å². The van der Waals surface area contributed by atoms with Crippen molar-refractivity contribution in [2.24, 2.45) is 0 Å². The van der Waals surface area contributed by atoms with Crippen molar-refractivity contribution in [1.82, 2.24) is 9.78 Å². The van der Waals surface area contributed by atoms with E-state index in [1.165, 1.54) is 13.0 Å². The number of aromatic nitrogens is 2. The van der Waals surface area contributed by atoms with E-state index in [4.69, 9.17) is 22.6 Å². The van der Waals surface area contributed by atoms with Crippen LogP contribution in [0.3, 0.4) is 0 Å². The smallest absolute Gasteiger partial charge is 0.578 e. The molecule has 5 nitrogen and oxygen atoms in total. The van der Waals surface area contributed by atoms with E-state index in [1.54, 1.807) is 0 Å². The van der Waals surface area contributed by atoms with Gasteiger partial charge in [-0.1, -0.05) is 11.6 Å². The fraction of sp³-hybridized carbons (Fsp3) is 0.385. The lowest BCUT2D eigenvalue weighted by atomic mass is 10.2. The Hall–Kier alpha value is -1.84. The zero-order chi connectivity index (χ0) is 20.4. The molecule has 0 fully saturated rings. The van der Waals surface area contributed by atoms with Crippen LogP contribution in [-0.2, 0) is 17.7 Å². The molecule has 0 amide bonds. The van der Waals surface area contributed by atoms with Crippen molar-refractivity contribution in [1.29, 1.82) is 5.26 Å². The number of halogens is 7. The number of nitriles is 1. The Labute approximate surface area is 151 Å². The van der Waals surface area contributed by atoms with Crippen molar-refractivity contribution >= 4 is 28.6 Å². The van der Waals surface area contributed by atoms with Gasteiger partial charge in [-0.05, 0) is 25.5 Å². The van der Waals surface area contributed by atoms with Crippen molar-refractivity contribution < 1.29 is 30.9 Å². The summed E-state index contributed by atoms with van der Waals surface area (Å²) in [5, 5.41) is 12.1. The fourth-order valence-electron chi connectivity index (χ4n) is 1.65. The number of hydrogen-bond donors (Lipinski definition) is 1. The molecule has 2 N–H and O–H groups in total. The van der Waals surface area contributed by atoms with E-state index in [9.17, 15) is 30.9 Å². The number of anilines is 1. The Morgan fingerprint density at radius 1 is 1.35 bits per heavy atom. The summed E-state index contributed by atoms with van der Waals surface area (Å²) in [6, 6.07) is 1.35. The van der Waals surface area contributed by atoms with Crippen molar-refractivity contribution in [3.05, 3.63) is 27.9 Å². The Kier molecular flexibility index (Phi) is 6.67. The Morgan fingerprint density at radius 2 is 1.88 bits per heavy atom. The molecule has 0 spiro atoms. The summed E-state index contributed by atoms with van der Waals surface area (Å²) in [5.41, 5.74) is -1.39. The van der Waals surface area contributed by atoms with Gasteiger partial charge in [-0.3, -0.25) is 0 Å². The van der Waals surface area contributed by atoms with E-state index in [-0.39, 0.29) is 10.6 Å². The van der Waals surface area contributed by atoms with Gasteiger partial charge in [0, 0.05) is 10.6 Å². The first-order valence-corrected chi connectivity index (χ1v) is 8.08. The summed E-state index contributed by atoms with van der Waals surface area (Å²) < 4.78 is 87.6. The molecule has 1 rings (SSSR count). The highest BCUT2D eigenvalue weighted by molar-refractivity contribution is 7.92. The minimum absolute atomic E-state index is 0.0818. The topological polar surface area (TPSA) is 90.7 Å². The van der Waals surface area contributed by atoms with Crippen molar-refractivity contribution in [3.63, 3.8) is 0 Å². The Balaban J connectivity index is 3.29. The second kappa shape index (κ2) is 7.81. The van der Waals surface area contributed by atoms with Crippen LogP contribution in [0.2, 0.25) is 0 Å². The summed E-state index contributed by atoms with van der Waals surface area (Å²) in [5.74, 6) is -0.697. The van der Waals surface area contributed by atoms with Gasteiger partial charge in [-0.25, -0.2) is 4.68 Å². The first-order chi connectivity index (χ1) is 11.7. The monoisotopic (exact) mass is 420 g/mol. The molecule has 0 saturated carbocycles. The van der Waals surface area contributed by atoms with Gasteiger partial charge in [-0.15, -0.1) is 13.2 Å². The normalized spacial score (nSPS) is 15.5. The van der Waals surface area contributed by atoms with Crippen molar-refractivity contribution in [2.45, 2.75) is 37.0 Å². The zero-order valence-corrected chi connectivity index (χ0v) is 14.7. The number of rotatable bonds is 4. The number of nitrogen functional groups attached to an aromatic ring is 1. The lowest BCUT2D eigenvalue weighted by Crippen LogP contribution is -2.24. The molecule has 0 bridgehead atoms. The number of alkyl halides is 6. The first-order valence-electron chi connectivity index (χ1n) is 6.55. The van der Waals surface area contributed by atoms with E-state index in [2.05, 4.69) is 5.10 Å². The molecule has 13 heteroatoms. The number of nitrogens with two attached hydrogens (primary N) is 1. The second-order valence-corrected chi connectivity index (χ2v) is 6.82. The summed E-state index contributed by atoms with van der Waals surface area (Å²) >= 11 is 2.18. The third-order valence-corrected chi connectivity index (χ3v) is 4.66. The van der Waals surface area contributed by atoms with Gasteiger partial charge < -0.3 is 10.3 Å². The van der Waals surface area contributed by atoms with Crippen molar-refractivity contribution in [3.8, 4) is 6.07 Å². The summed E-state index contributed by atoms with van der Waals surface area (Å²) in [6.45, 7) is 1.68. The second-order valence-electron chi connectivity index (χ2n) is 5.00. The van der Waals surface area contributed by atoms with E-state index in [0.29, 0.717) is 10.8 Å². The molecule has 1 aromatic rings. The van der Waals surface area contributed by atoms with Crippen LogP contribution >= 0.6 is 11.6 Å². The molecular formula is C13H11ClF6N4OS. The zero-order valence-electron chi connectivity index (χ0n) is 13.2. The molecule has 144 valence electrons. The third kappa shape index (κ3) is 5.09. The fourth-order valence-corrected chi connectivity index (χ4v) is 2.66. The van der Waals surface area contributed by atoms with Gasteiger partial charge in [0.05, 0.1) is 6.54 Å². The standard InChI is InChI=1S/C13H11ClF6N4OS/c1-6(8(14)3-7(2)12(15,16)17)5-24-11(22)10(9(4-21)23-24)26(25)13(18,19)20/h3H,5,22H2,1-2H3/b7-3+,8-6-. The predicted octanol–water partition coefficient (Wildman–Crippen LogP) is 3.99. The quantitative estimate of drug-likeness (QED) is 0.453. The van der Waals surface area contributed by atoms with E-state index < -0.39 is 51.4 Å². The highest BCUT2D eigenvalue weighted by Crippen LogP contribution is 2.35. The maximum Gasteiger partial charge on any atom is 0.578 e. The Morgan fingerprint density at radius 3 is 2.31 bits per heavy atom. The molecule has 26 heavy (non-hydrogen) atoms. The molecule has 0 aliphatic rings. The number of nitrogens with zero attached hydrogens (tertiary/aromatic N) is 3. The minimum atomic E-state index is -5.16. The summed E-state index contributed by atoms with van der Waals surface area (Å²) in [4.78, 5) is -1.01. The minimum Gasteiger partial charge on any atom is -0.604 e. The maximum absolute atomic E-state index is 12.6. The molecular weight excluding hydrogens is 410 g/mol. The number of hydrogen-bond acceptors (Lipinski definition) is 4. The molecule has 1 atom stereocenters. The maximum atomic E-state index is 12.6. The van der Waals surface area contributed by atoms with Crippen LogP contribution in [0.5, 0.6) is 0 Å². The van der Waals surface area contributed by atoms with Crippen LogP contribution in [0.4, 0.5) is 32.2 Å². The lowest BCUT2D eigenvalue weighted by molar-refractivity contribution is -0.0913. The Bertz CT molecular complexity index is 790. The van der Waals surface area contributed by atoms with Crippen LogP contribution in [0, 0.1) is 11.3 Å². The van der Waals surface area contributed by atoms with Gasteiger partial charge in [0.25, 0.3) is 0 Å². The van der Waals surface area contributed by atoms with Crippen molar-refractivity contribution in [2.75, 3.05) is 5.73 Å². The SMILES string of the molecule is C/C(Cn1nc(C#N)c([S+]([O-])C(F)(F)F)c1N)=C(Cl)\C=C(/C)C(F)(F)F. The van der Waals surface area contributed by atoms with Crippen LogP contribution in [-0.4, -0.2) is 26.0 Å². The van der Waals surface area contributed by atoms with Crippen LogP contribution in [0.1, 0.15) is 19.5 Å². The van der Waals surface area contributed by atoms with Gasteiger partial charge >= 0.3 is 11.7 Å². The molecule has 1 unspecified atom stereocenters. The lowest BCUT2D eigenvalue weighted by Gasteiger charge is -2.12. The van der Waals surface area contributed by atoms with E-state index in [1.807, 2.05) is 0 Å². The third-order valence-electron chi connectivity index (χ3n) is 3.03. The molecule has 0 aromatic carbocycles. The van der Waals surface area contributed by atoms with E-state index in [0.717, 1.165) is 6.92 Å². The number of allylic oxidation sites excluding steroid dienone is 4. The molecule has 1 aromatic heterocycles. The molecule has 0 saturated heterocycles. The van der Waals surface area contributed by atoms with Gasteiger partial charge in [0.1, 0.15) is 17.2 Å². The molecule has 0 radical (unpaired) electrons. The van der Waals surface area contributed by atoms with Crippen LogP contribution < -0.4 is 5.73 Å². The van der Waals surface area contributed by atoms with Gasteiger partial charge in [0.2, 0.25) is 10.6 Å². The highest BCUT2D eigenvalue weighted by atomic mass is 35.5. The predicted molar refractivity (Wildman–Crippen MR) is 82.2 cm³/mol. The highest BCUT2D eigenvalue weighted by Gasteiger charge is 2.50. The summed E-state index contributed by atoms with van der Waals surface area (Å²) in [6.07, 6.45) is -3.97. The largest absolute Gasteiger partial charge is 0.604 e. The first kappa shape index (κ1) is 22.2. The van der Waals surface area contributed by atoms with Crippen LogP contribution in [0.25, 0.3) is 0 Å². The summed E-state index contributed by atoms with van der Waals surface area (Å²) in [7, 11) is 0. The van der Waals surface area contributed by atoms with E-state index >= 15 is 0 Å². The molecule has 0 aliphatic carbocycles. The molecule has 0 aliphatic heterocycles.